The van der Waals surface area contributed by atoms with E-state index in [2.05, 4.69) is 5.32 Å². The van der Waals surface area contributed by atoms with Crippen LogP contribution in [0.2, 0.25) is 0 Å². The Kier molecular flexibility index (Phi) is 2.66. The Balaban J connectivity index is 1.85. The lowest BCUT2D eigenvalue weighted by Crippen LogP contribution is -2.32. The topological polar surface area (TPSA) is 32.3 Å². The molecule has 0 radical (unpaired) electrons. The van der Waals surface area contributed by atoms with Gasteiger partial charge in [-0.2, -0.15) is 0 Å². The highest BCUT2D eigenvalue weighted by molar-refractivity contribution is 4.91. The van der Waals surface area contributed by atoms with Gasteiger partial charge in [0.15, 0.2) is 0 Å². The molecule has 2 unspecified atom stereocenters. The third-order valence-electron chi connectivity index (χ3n) is 3.31. The first-order chi connectivity index (χ1) is 5.92. The lowest BCUT2D eigenvalue weighted by molar-refractivity contribution is 0.221. The minimum atomic E-state index is 0.374. The molecule has 2 rings (SSSR count). The summed E-state index contributed by atoms with van der Waals surface area (Å²) in [7, 11) is 0. The van der Waals surface area contributed by atoms with E-state index in [1.807, 2.05) is 0 Å². The van der Waals surface area contributed by atoms with Gasteiger partial charge in [-0.3, -0.25) is 0 Å². The molecule has 0 aromatic heterocycles. The smallest absolute Gasteiger partial charge is 0.0434 e. The standard InChI is InChI=1S/C10H19NO/c12-7-5-9(8-3-4-8)10-2-1-6-11-10/h8-12H,1-7H2. The van der Waals surface area contributed by atoms with Gasteiger partial charge in [-0.1, -0.05) is 0 Å². The first kappa shape index (κ1) is 8.52. The second-order valence-corrected chi connectivity index (χ2v) is 4.22. The Morgan fingerprint density at radius 3 is 2.67 bits per heavy atom. The fourth-order valence-electron chi connectivity index (χ4n) is 2.52. The summed E-state index contributed by atoms with van der Waals surface area (Å²) >= 11 is 0. The molecule has 2 fully saturated rings. The maximum Gasteiger partial charge on any atom is 0.0434 e. The van der Waals surface area contributed by atoms with Crippen molar-refractivity contribution in [3.05, 3.63) is 0 Å². The summed E-state index contributed by atoms with van der Waals surface area (Å²) in [5.41, 5.74) is 0. The van der Waals surface area contributed by atoms with Crippen LogP contribution >= 0.6 is 0 Å². The minimum Gasteiger partial charge on any atom is -0.396 e. The van der Waals surface area contributed by atoms with Crippen LogP contribution in [0.5, 0.6) is 0 Å². The number of rotatable bonds is 4. The first-order valence-corrected chi connectivity index (χ1v) is 5.26. The molecular formula is C10H19NO. The molecule has 0 bridgehead atoms. The number of aliphatic hydroxyl groups is 1. The van der Waals surface area contributed by atoms with Gasteiger partial charge in [-0.25, -0.2) is 0 Å². The van der Waals surface area contributed by atoms with Crippen molar-refractivity contribution in [2.75, 3.05) is 13.2 Å². The number of nitrogens with one attached hydrogen (secondary N) is 1. The van der Waals surface area contributed by atoms with Crippen LogP contribution in [0.15, 0.2) is 0 Å². The Morgan fingerprint density at radius 2 is 2.17 bits per heavy atom. The average Bonchev–Trinajstić information content (AvgIpc) is 2.77. The van der Waals surface area contributed by atoms with Crippen molar-refractivity contribution in [3.8, 4) is 0 Å². The van der Waals surface area contributed by atoms with Crippen molar-refractivity contribution < 1.29 is 5.11 Å². The Labute approximate surface area is 74.4 Å². The van der Waals surface area contributed by atoms with Crippen LogP contribution in [0.1, 0.15) is 32.1 Å². The minimum absolute atomic E-state index is 0.374. The van der Waals surface area contributed by atoms with E-state index in [0.29, 0.717) is 6.61 Å². The van der Waals surface area contributed by atoms with Crippen LogP contribution in [0.4, 0.5) is 0 Å². The van der Waals surface area contributed by atoms with E-state index < -0.39 is 0 Å². The zero-order chi connectivity index (χ0) is 8.39. The summed E-state index contributed by atoms with van der Waals surface area (Å²) in [4.78, 5) is 0. The fourth-order valence-corrected chi connectivity index (χ4v) is 2.52. The monoisotopic (exact) mass is 169 g/mol. The maximum atomic E-state index is 8.95. The average molecular weight is 169 g/mol. The van der Waals surface area contributed by atoms with E-state index in [9.17, 15) is 0 Å². The molecule has 70 valence electrons. The van der Waals surface area contributed by atoms with Gasteiger partial charge >= 0.3 is 0 Å². The SMILES string of the molecule is OCCC(C1CC1)C1CCCN1. The molecule has 0 spiro atoms. The Bertz CT molecular complexity index is 139. The second kappa shape index (κ2) is 3.75. The van der Waals surface area contributed by atoms with Gasteiger partial charge in [0.05, 0.1) is 0 Å². The molecule has 0 aromatic carbocycles. The summed E-state index contributed by atoms with van der Waals surface area (Å²) in [6, 6.07) is 0.727. The van der Waals surface area contributed by atoms with Crippen LogP contribution in [0.25, 0.3) is 0 Å². The van der Waals surface area contributed by atoms with Crippen LogP contribution in [-0.2, 0) is 0 Å². The molecule has 1 saturated heterocycles. The summed E-state index contributed by atoms with van der Waals surface area (Å²) in [5, 5.41) is 12.5. The summed E-state index contributed by atoms with van der Waals surface area (Å²) in [6.07, 6.45) is 6.49. The molecule has 1 aliphatic heterocycles. The molecule has 2 heteroatoms. The van der Waals surface area contributed by atoms with Gasteiger partial charge in [0.2, 0.25) is 0 Å². The molecular weight excluding hydrogens is 150 g/mol. The zero-order valence-corrected chi connectivity index (χ0v) is 7.63. The van der Waals surface area contributed by atoms with Crippen molar-refractivity contribution in [3.63, 3.8) is 0 Å². The molecule has 0 aromatic rings. The largest absolute Gasteiger partial charge is 0.396 e. The van der Waals surface area contributed by atoms with Gasteiger partial charge in [0.1, 0.15) is 0 Å². The zero-order valence-electron chi connectivity index (χ0n) is 7.63. The van der Waals surface area contributed by atoms with Crippen molar-refractivity contribution in [2.24, 2.45) is 11.8 Å². The molecule has 1 aliphatic carbocycles. The normalized spacial score (nSPS) is 32.2. The number of hydrogen-bond acceptors (Lipinski definition) is 2. The van der Waals surface area contributed by atoms with E-state index in [1.54, 1.807) is 0 Å². The third kappa shape index (κ3) is 1.80. The van der Waals surface area contributed by atoms with Gasteiger partial charge in [-0.05, 0) is 50.5 Å². The molecule has 0 amide bonds. The highest BCUT2D eigenvalue weighted by Gasteiger charge is 2.36. The third-order valence-corrected chi connectivity index (χ3v) is 3.31. The van der Waals surface area contributed by atoms with E-state index in [4.69, 9.17) is 5.11 Å². The number of aliphatic hydroxyl groups excluding tert-OH is 1. The fraction of sp³-hybridized carbons (Fsp3) is 1.00. The molecule has 1 saturated carbocycles. The van der Waals surface area contributed by atoms with E-state index in [-0.39, 0.29) is 0 Å². The Morgan fingerprint density at radius 1 is 1.33 bits per heavy atom. The van der Waals surface area contributed by atoms with Crippen LogP contribution in [0.3, 0.4) is 0 Å². The van der Waals surface area contributed by atoms with E-state index >= 15 is 0 Å². The highest BCUT2D eigenvalue weighted by atomic mass is 16.3. The van der Waals surface area contributed by atoms with Crippen molar-refractivity contribution in [1.29, 1.82) is 0 Å². The van der Waals surface area contributed by atoms with Crippen molar-refractivity contribution >= 4 is 0 Å². The summed E-state index contributed by atoms with van der Waals surface area (Å²) < 4.78 is 0. The van der Waals surface area contributed by atoms with Crippen molar-refractivity contribution in [1.82, 2.24) is 5.32 Å². The van der Waals surface area contributed by atoms with Crippen LogP contribution < -0.4 is 5.32 Å². The molecule has 2 atom stereocenters. The molecule has 12 heavy (non-hydrogen) atoms. The van der Waals surface area contributed by atoms with E-state index in [0.717, 1.165) is 24.3 Å². The van der Waals surface area contributed by atoms with Gasteiger partial charge in [0, 0.05) is 12.6 Å². The highest BCUT2D eigenvalue weighted by Crippen LogP contribution is 2.41. The van der Waals surface area contributed by atoms with Crippen molar-refractivity contribution in [2.45, 2.75) is 38.1 Å². The lowest BCUT2D eigenvalue weighted by atomic mass is 9.90. The van der Waals surface area contributed by atoms with Gasteiger partial charge in [-0.15, -0.1) is 0 Å². The predicted molar refractivity (Wildman–Crippen MR) is 48.9 cm³/mol. The maximum absolute atomic E-state index is 8.95. The Hall–Kier alpha value is -0.0800. The molecule has 1 heterocycles. The first-order valence-electron chi connectivity index (χ1n) is 5.26. The van der Waals surface area contributed by atoms with Gasteiger partial charge in [0.25, 0.3) is 0 Å². The molecule has 2 N–H and O–H groups in total. The van der Waals surface area contributed by atoms with Crippen LogP contribution in [0, 0.1) is 11.8 Å². The summed E-state index contributed by atoms with van der Waals surface area (Å²) in [6.45, 7) is 1.57. The van der Waals surface area contributed by atoms with Gasteiger partial charge < -0.3 is 10.4 Å². The molecule has 2 nitrogen and oxygen atoms in total. The van der Waals surface area contributed by atoms with Crippen LogP contribution in [-0.4, -0.2) is 24.3 Å². The lowest BCUT2D eigenvalue weighted by Gasteiger charge is -2.22. The second-order valence-electron chi connectivity index (χ2n) is 4.22. The molecule has 2 aliphatic rings. The predicted octanol–water partition coefficient (Wildman–Crippen LogP) is 1.15. The quantitative estimate of drug-likeness (QED) is 0.661. The number of hydrogen-bond donors (Lipinski definition) is 2. The summed E-state index contributed by atoms with van der Waals surface area (Å²) in [5.74, 6) is 1.71. The van der Waals surface area contributed by atoms with E-state index in [1.165, 1.54) is 32.2 Å².